The normalized spacial score (nSPS) is 18.8. The predicted octanol–water partition coefficient (Wildman–Crippen LogP) is 3.77. The molecule has 1 aliphatic heterocycles. The maximum absolute atomic E-state index is 13.2. The molecule has 0 unspecified atom stereocenters. The highest BCUT2D eigenvalue weighted by atomic mass is 16.2. The van der Waals surface area contributed by atoms with Gasteiger partial charge in [-0.05, 0) is 35.6 Å². The van der Waals surface area contributed by atoms with E-state index in [0.29, 0.717) is 13.1 Å². The number of carbonyl (C=O) groups excluding carboxylic acids is 1. The Morgan fingerprint density at radius 1 is 1.07 bits per heavy atom. The van der Waals surface area contributed by atoms with E-state index in [0.717, 1.165) is 30.8 Å². The van der Waals surface area contributed by atoms with Gasteiger partial charge in [-0.3, -0.25) is 9.78 Å². The molecule has 0 saturated carbocycles. The number of carbonyl (C=O) groups is 1. The predicted molar refractivity (Wildman–Crippen MR) is 111 cm³/mol. The van der Waals surface area contributed by atoms with Crippen LogP contribution in [0.4, 0.5) is 0 Å². The van der Waals surface area contributed by atoms with Crippen LogP contribution < -0.4 is 0 Å². The lowest BCUT2D eigenvalue weighted by Gasteiger charge is -2.36. The summed E-state index contributed by atoms with van der Waals surface area (Å²) in [6.07, 6.45) is 13.5. The third-order valence-electron chi connectivity index (χ3n) is 6.00. The summed E-state index contributed by atoms with van der Waals surface area (Å²) >= 11 is 0. The molecule has 1 aromatic carbocycles. The Balaban J connectivity index is 1.47. The minimum Gasteiger partial charge on any atom is -0.337 e. The fourth-order valence-corrected chi connectivity index (χ4v) is 4.53. The quantitative estimate of drug-likeness (QED) is 0.644. The van der Waals surface area contributed by atoms with Crippen LogP contribution in [0.25, 0.3) is 0 Å². The summed E-state index contributed by atoms with van der Waals surface area (Å²) in [6, 6.07) is 12.5. The molecular formula is C24H24N4O. The summed E-state index contributed by atoms with van der Waals surface area (Å²) in [5.74, 6) is 1.43. The topological polar surface area (TPSA) is 51.0 Å². The van der Waals surface area contributed by atoms with Crippen molar-refractivity contribution >= 4 is 5.91 Å². The minimum atomic E-state index is 0.0740. The molecule has 1 amide bonds. The van der Waals surface area contributed by atoms with Gasteiger partial charge in [0, 0.05) is 43.8 Å². The van der Waals surface area contributed by atoms with Gasteiger partial charge < -0.3 is 9.47 Å². The fraction of sp³-hybridized carbons (Fsp3) is 0.292. The summed E-state index contributed by atoms with van der Waals surface area (Å²) in [6.45, 7) is 2.09. The van der Waals surface area contributed by atoms with Crippen molar-refractivity contribution in [2.45, 2.75) is 31.8 Å². The number of hydrogen-bond acceptors (Lipinski definition) is 3. The molecule has 0 saturated heterocycles. The van der Waals surface area contributed by atoms with Crippen molar-refractivity contribution < 1.29 is 4.79 Å². The first-order valence-corrected chi connectivity index (χ1v) is 10.2. The Hall–Kier alpha value is -3.21. The minimum absolute atomic E-state index is 0.0740. The van der Waals surface area contributed by atoms with Crippen molar-refractivity contribution in [1.82, 2.24) is 19.4 Å². The monoisotopic (exact) mass is 384 g/mol. The average Bonchev–Trinajstić information content (AvgIpc) is 3.45. The second kappa shape index (κ2) is 7.66. The Morgan fingerprint density at radius 2 is 1.93 bits per heavy atom. The highest BCUT2D eigenvalue weighted by Gasteiger charge is 2.34. The number of fused-ring (bicyclic) bond motifs is 1. The lowest BCUT2D eigenvalue weighted by Crippen LogP contribution is -2.42. The molecule has 5 heteroatoms. The van der Waals surface area contributed by atoms with Crippen LogP contribution in [-0.2, 0) is 17.9 Å². The average molecular weight is 384 g/mol. The number of imidazole rings is 1. The molecule has 29 heavy (non-hydrogen) atoms. The van der Waals surface area contributed by atoms with E-state index < -0.39 is 0 Å². The zero-order chi connectivity index (χ0) is 19.6. The molecular weight excluding hydrogens is 360 g/mol. The van der Waals surface area contributed by atoms with Gasteiger partial charge in [-0.2, -0.15) is 0 Å². The molecule has 0 N–H and O–H groups in total. The van der Waals surface area contributed by atoms with E-state index >= 15 is 0 Å². The summed E-state index contributed by atoms with van der Waals surface area (Å²) < 4.78 is 2.18. The first-order chi connectivity index (χ1) is 14.3. The van der Waals surface area contributed by atoms with E-state index in [-0.39, 0.29) is 17.7 Å². The van der Waals surface area contributed by atoms with Crippen LogP contribution >= 0.6 is 0 Å². The van der Waals surface area contributed by atoms with E-state index in [1.807, 2.05) is 29.6 Å². The van der Waals surface area contributed by atoms with Crippen molar-refractivity contribution in [3.05, 3.63) is 95.9 Å². The van der Waals surface area contributed by atoms with Gasteiger partial charge >= 0.3 is 0 Å². The number of amides is 1. The first-order valence-electron chi connectivity index (χ1n) is 10.2. The number of pyridine rings is 1. The van der Waals surface area contributed by atoms with E-state index in [9.17, 15) is 4.79 Å². The molecule has 2 aromatic heterocycles. The Labute approximate surface area is 170 Å². The molecule has 146 valence electrons. The zero-order valence-electron chi connectivity index (χ0n) is 16.3. The van der Waals surface area contributed by atoms with Gasteiger partial charge in [-0.25, -0.2) is 4.98 Å². The smallest absolute Gasteiger partial charge is 0.226 e. The van der Waals surface area contributed by atoms with Crippen LogP contribution in [0.5, 0.6) is 0 Å². The van der Waals surface area contributed by atoms with Crippen molar-refractivity contribution in [2.24, 2.45) is 5.92 Å². The van der Waals surface area contributed by atoms with Gasteiger partial charge in [-0.15, -0.1) is 0 Å². The molecule has 0 spiro atoms. The van der Waals surface area contributed by atoms with E-state index in [4.69, 9.17) is 4.98 Å². The van der Waals surface area contributed by atoms with Gasteiger partial charge in [0.25, 0.3) is 0 Å². The number of nitrogens with zero attached hydrogens (tertiary/aromatic N) is 4. The molecule has 0 bridgehead atoms. The molecule has 1 aliphatic carbocycles. The van der Waals surface area contributed by atoms with Crippen LogP contribution in [0.2, 0.25) is 0 Å². The maximum atomic E-state index is 13.2. The van der Waals surface area contributed by atoms with E-state index in [1.165, 1.54) is 11.1 Å². The molecule has 5 nitrogen and oxygen atoms in total. The number of hydrogen-bond donors (Lipinski definition) is 0. The largest absolute Gasteiger partial charge is 0.337 e. The van der Waals surface area contributed by atoms with Gasteiger partial charge in [0.1, 0.15) is 5.82 Å². The molecule has 0 radical (unpaired) electrons. The third-order valence-corrected chi connectivity index (χ3v) is 6.00. The summed E-state index contributed by atoms with van der Waals surface area (Å²) in [4.78, 5) is 24.1. The Bertz CT molecular complexity index is 1030. The lowest BCUT2D eigenvalue weighted by atomic mass is 9.88. The Kier molecular flexibility index (Phi) is 4.72. The molecule has 3 aromatic rings. The van der Waals surface area contributed by atoms with Crippen LogP contribution in [0.3, 0.4) is 0 Å². The summed E-state index contributed by atoms with van der Waals surface area (Å²) in [5, 5.41) is 0. The number of allylic oxidation sites excluding steroid dienone is 2. The second-order valence-corrected chi connectivity index (χ2v) is 7.88. The highest BCUT2D eigenvalue weighted by Crippen LogP contribution is 2.34. The van der Waals surface area contributed by atoms with Crippen LogP contribution in [-0.4, -0.2) is 31.9 Å². The van der Waals surface area contributed by atoms with Crippen molar-refractivity contribution in [2.75, 3.05) is 6.54 Å². The lowest BCUT2D eigenvalue weighted by molar-refractivity contribution is -0.136. The third kappa shape index (κ3) is 3.48. The van der Waals surface area contributed by atoms with E-state index in [2.05, 4.69) is 52.0 Å². The second-order valence-electron chi connectivity index (χ2n) is 7.88. The van der Waals surface area contributed by atoms with Crippen molar-refractivity contribution in [1.29, 1.82) is 0 Å². The SMILES string of the molecule is O=C(C1CC=CC1)N1Cc2ccccc2[C@H](c2nccn2Cc2cccnc2)C1. The van der Waals surface area contributed by atoms with Gasteiger partial charge in [0.15, 0.2) is 0 Å². The Morgan fingerprint density at radius 3 is 2.76 bits per heavy atom. The van der Waals surface area contributed by atoms with Crippen molar-refractivity contribution in [3.63, 3.8) is 0 Å². The molecule has 1 atom stereocenters. The zero-order valence-corrected chi connectivity index (χ0v) is 16.3. The standard InChI is InChI=1S/C24H24N4O/c29-24(19-7-1-2-8-19)28-16-20-9-3-4-10-21(20)22(17-28)23-26-12-13-27(23)15-18-6-5-11-25-14-18/h1-6,9-14,19,22H,7-8,15-17H2/t22-/m1/s1. The van der Waals surface area contributed by atoms with Crippen LogP contribution in [0.1, 0.15) is 41.3 Å². The number of aromatic nitrogens is 3. The highest BCUT2D eigenvalue weighted by molar-refractivity contribution is 5.80. The maximum Gasteiger partial charge on any atom is 0.226 e. The number of rotatable bonds is 4. The molecule has 0 fully saturated rings. The first kappa shape index (κ1) is 17.9. The van der Waals surface area contributed by atoms with E-state index in [1.54, 1.807) is 6.20 Å². The summed E-state index contributed by atoms with van der Waals surface area (Å²) in [5.41, 5.74) is 3.64. The van der Waals surface area contributed by atoms with Gasteiger partial charge in [0.2, 0.25) is 5.91 Å². The van der Waals surface area contributed by atoms with Gasteiger partial charge in [0.05, 0.1) is 12.5 Å². The van der Waals surface area contributed by atoms with Gasteiger partial charge in [-0.1, -0.05) is 42.5 Å². The fourth-order valence-electron chi connectivity index (χ4n) is 4.53. The van der Waals surface area contributed by atoms with Crippen LogP contribution in [0.15, 0.2) is 73.3 Å². The van der Waals surface area contributed by atoms with Crippen molar-refractivity contribution in [3.8, 4) is 0 Å². The molecule has 3 heterocycles. The van der Waals surface area contributed by atoms with Crippen LogP contribution in [0, 0.1) is 5.92 Å². The number of benzene rings is 1. The molecule has 2 aliphatic rings. The summed E-state index contributed by atoms with van der Waals surface area (Å²) in [7, 11) is 0. The molecule has 5 rings (SSSR count).